The standard InChI is InChI=1S/C25H24BrCl2FN2O3/c1-32-24-11-16(10-20(26)25(24)34-15-17-2-3-18(29)12-21(17)27)14-30-19-4-5-23(22(28)13-19)31-6-8-33-9-7-31/h2-5,10-13,30H,6-9,14-15H2,1H3. The van der Waals surface area contributed by atoms with Gasteiger partial charge >= 0.3 is 0 Å². The molecule has 9 heteroatoms. The Morgan fingerprint density at radius 3 is 2.56 bits per heavy atom. The Bertz CT molecular complexity index is 1160. The number of hydrogen-bond acceptors (Lipinski definition) is 5. The normalized spacial score (nSPS) is 13.6. The predicted octanol–water partition coefficient (Wildman–Crippen LogP) is 6.93. The molecule has 3 aromatic rings. The summed E-state index contributed by atoms with van der Waals surface area (Å²) in [6, 6.07) is 14.1. The van der Waals surface area contributed by atoms with Crippen molar-refractivity contribution in [2.45, 2.75) is 13.2 Å². The molecule has 1 saturated heterocycles. The molecule has 4 rings (SSSR count). The summed E-state index contributed by atoms with van der Waals surface area (Å²) >= 11 is 16.2. The number of rotatable bonds is 8. The topological polar surface area (TPSA) is 43.0 Å². The van der Waals surface area contributed by atoms with Crippen LogP contribution in [-0.4, -0.2) is 33.4 Å². The van der Waals surface area contributed by atoms with Gasteiger partial charge in [-0.1, -0.05) is 29.3 Å². The Morgan fingerprint density at radius 1 is 1.06 bits per heavy atom. The predicted molar refractivity (Wildman–Crippen MR) is 138 cm³/mol. The van der Waals surface area contributed by atoms with Crippen LogP contribution >= 0.6 is 39.1 Å². The van der Waals surface area contributed by atoms with E-state index in [0.717, 1.165) is 34.5 Å². The van der Waals surface area contributed by atoms with Crippen molar-refractivity contribution in [2.75, 3.05) is 43.6 Å². The summed E-state index contributed by atoms with van der Waals surface area (Å²) in [7, 11) is 1.58. The lowest BCUT2D eigenvalue weighted by atomic mass is 10.2. The van der Waals surface area contributed by atoms with Gasteiger partial charge in [-0.3, -0.25) is 0 Å². The molecule has 0 aromatic heterocycles. The summed E-state index contributed by atoms with van der Waals surface area (Å²) in [5, 5.41) is 4.42. The second kappa shape index (κ2) is 11.5. The lowest BCUT2D eigenvalue weighted by Gasteiger charge is -2.29. The van der Waals surface area contributed by atoms with Gasteiger partial charge < -0.3 is 24.4 Å². The van der Waals surface area contributed by atoms with Crippen LogP contribution in [0.25, 0.3) is 0 Å². The minimum atomic E-state index is -0.388. The average molecular weight is 570 g/mol. The molecule has 0 atom stereocenters. The van der Waals surface area contributed by atoms with Gasteiger partial charge in [-0.05, 0) is 64.0 Å². The lowest BCUT2D eigenvalue weighted by Crippen LogP contribution is -2.36. The van der Waals surface area contributed by atoms with Crippen molar-refractivity contribution in [3.05, 3.63) is 80.0 Å². The minimum absolute atomic E-state index is 0.180. The molecular formula is C25H24BrCl2FN2O3. The number of nitrogens with one attached hydrogen (secondary N) is 1. The van der Waals surface area contributed by atoms with E-state index in [4.69, 9.17) is 37.4 Å². The summed E-state index contributed by atoms with van der Waals surface area (Å²) in [5.41, 5.74) is 3.61. The highest BCUT2D eigenvalue weighted by Crippen LogP contribution is 2.38. The molecule has 34 heavy (non-hydrogen) atoms. The van der Waals surface area contributed by atoms with Crippen molar-refractivity contribution in [3.8, 4) is 11.5 Å². The molecule has 1 aliphatic heterocycles. The first-order chi connectivity index (χ1) is 16.4. The number of halogens is 4. The second-order valence-electron chi connectivity index (χ2n) is 7.75. The zero-order valence-corrected chi connectivity index (χ0v) is 21.6. The van der Waals surface area contributed by atoms with Crippen LogP contribution in [-0.2, 0) is 17.9 Å². The van der Waals surface area contributed by atoms with Crippen LogP contribution < -0.4 is 19.7 Å². The number of anilines is 2. The van der Waals surface area contributed by atoms with Gasteiger partial charge in [0, 0.05) is 30.9 Å². The van der Waals surface area contributed by atoms with Gasteiger partial charge in [0.25, 0.3) is 0 Å². The maximum absolute atomic E-state index is 13.3. The fraction of sp³-hybridized carbons (Fsp3) is 0.280. The van der Waals surface area contributed by atoms with Gasteiger partial charge in [0.1, 0.15) is 12.4 Å². The van der Waals surface area contributed by atoms with Gasteiger partial charge in [0.05, 0.1) is 40.5 Å². The van der Waals surface area contributed by atoms with Crippen LogP contribution in [0.4, 0.5) is 15.8 Å². The summed E-state index contributed by atoms with van der Waals surface area (Å²) in [6.07, 6.45) is 0. The van der Waals surface area contributed by atoms with E-state index in [1.165, 1.54) is 12.1 Å². The Balaban J connectivity index is 1.42. The Kier molecular flexibility index (Phi) is 8.42. The van der Waals surface area contributed by atoms with Crippen molar-refractivity contribution < 1.29 is 18.6 Å². The number of benzene rings is 3. The van der Waals surface area contributed by atoms with E-state index in [1.807, 2.05) is 30.3 Å². The van der Waals surface area contributed by atoms with E-state index >= 15 is 0 Å². The highest BCUT2D eigenvalue weighted by Gasteiger charge is 2.16. The quantitative estimate of drug-likeness (QED) is 0.318. The van der Waals surface area contributed by atoms with Gasteiger partial charge in [0.15, 0.2) is 11.5 Å². The van der Waals surface area contributed by atoms with Crippen molar-refractivity contribution in [2.24, 2.45) is 0 Å². The zero-order valence-electron chi connectivity index (χ0n) is 18.5. The molecule has 1 heterocycles. The van der Waals surface area contributed by atoms with Crippen LogP contribution in [0.3, 0.4) is 0 Å². The molecule has 0 spiro atoms. The van der Waals surface area contributed by atoms with E-state index in [1.54, 1.807) is 13.2 Å². The van der Waals surface area contributed by atoms with Crippen LogP contribution in [0, 0.1) is 5.82 Å². The molecule has 0 amide bonds. The molecule has 3 aromatic carbocycles. The highest BCUT2D eigenvalue weighted by molar-refractivity contribution is 9.10. The number of ether oxygens (including phenoxy) is 3. The van der Waals surface area contributed by atoms with Crippen molar-refractivity contribution in [3.63, 3.8) is 0 Å². The largest absolute Gasteiger partial charge is 0.493 e. The molecule has 0 saturated carbocycles. The van der Waals surface area contributed by atoms with Gasteiger partial charge in [0.2, 0.25) is 0 Å². The molecule has 0 radical (unpaired) electrons. The maximum atomic E-state index is 13.3. The third kappa shape index (κ3) is 6.08. The van der Waals surface area contributed by atoms with Crippen molar-refractivity contribution in [1.82, 2.24) is 0 Å². The Morgan fingerprint density at radius 2 is 1.85 bits per heavy atom. The van der Waals surface area contributed by atoms with E-state index in [-0.39, 0.29) is 12.4 Å². The average Bonchev–Trinajstić information content (AvgIpc) is 2.83. The van der Waals surface area contributed by atoms with Gasteiger partial charge in [-0.15, -0.1) is 0 Å². The molecule has 1 N–H and O–H groups in total. The zero-order chi connectivity index (χ0) is 24.1. The van der Waals surface area contributed by atoms with Crippen molar-refractivity contribution >= 4 is 50.5 Å². The van der Waals surface area contributed by atoms with E-state index in [9.17, 15) is 4.39 Å². The molecule has 1 fully saturated rings. The molecule has 5 nitrogen and oxygen atoms in total. The van der Waals surface area contributed by atoms with Crippen LogP contribution in [0.5, 0.6) is 11.5 Å². The van der Waals surface area contributed by atoms with E-state index in [2.05, 4.69) is 26.1 Å². The third-order valence-corrected chi connectivity index (χ3v) is 6.72. The SMILES string of the molecule is COc1cc(CNc2ccc(N3CCOCC3)c(Cl)c2)cc(Br)c1OCc1ccc(F)cc1Cl. The van der Waals surface area contributed by atoms with Gasteiger partial charge in [-0.2, -0.15) is 0 Å². The first-order valence-electron chi connectivity index (χ1n) is 10.7. The van der Waals surface area contributed by atoms with E-state index in [0.29, 0.717) is 46.9 Å². The van der Waals surface area contributed by atoms with Crippen molar-refractivity contribution in [1.29, 1.82) is 0 Å². The number of hydrogen-bond donors (Lipinski definition) is 1. The maximum Gasteiger partial charge on any atom is 0.175 e. The van der Waals surface area contributed by atoms with Crippen LogP contribution in [0.15, 0.2) is 53.0 Å². The lowest BCUT2D eigenvalue weighted by molar-refractivity contribution is 0.122. The summed E-state index contributed by atoms with van der Waals surface area (Å²) in [4.78, 5) is 2.23. The summed E-state index contributed by atoms with van der Waals surface area (Å²) < 4.78 is 30.9. The first kappa shape index (κ1) is 24.9. The van der Waals surface area contributed by atoms with Crippen LogP contribution in [0.2, 0.25) is 10.0 Å². The second-order valence-corrected chi connectivity index (χ2v) is 9.42. The van der Waals surface area contributed by atoms with Crippen LogP contribution in [0.1, 0.15) is 11.1 Å². The molecule has 0 bridgehead atoms. The highest BCUT2D eigenvalue weighted by atomic mass is 79.9. The summed E-state index contributed by atoms with van der Waals surface area (Å²) in [5.74, 6) is 0.732. The van der Waals surface area contributed by atoms with Gasteiger partial charge in [-0.25, -0.2) is 4.39 Å². The molecule has 0 unspecified atom stereocenters. The third-order valence-electron chi connectivity index (χ3n) is 5.47. The minimum Gasteiger partial charge on any atom is -0.493 e. The monoisotopic (exact) mass is 568 g/mol. The number of nitrogens with zero attached hydrogens (tertiary/aromatic N) is 1. The number of morpholine rings is 1. The number of methoxy groups -OCH3 is 1. The fourth-order valence-corrected chi connectivity index (χ4v) is 4.81. The fourth-order valence-electron chi connectivity index (χ4n) is 3.69. The van der Waals surface area contributed by atoms with E-state index < -0.39 is 0 Å². The summed E-state index contributed by atoms with van der Waals surface area (Å²) in [6.45, 7) is 3.84. The Labute approximate surface area is 216 Å². The molecule has 180 valence electrons. The molecule has 1 aliphatic rings. The Hall–Kier alpha value is -2.19. The first-order valence-corrected chi connectivity index (χ1v) is 12.3. The molecular weight excluding hydrogens is 546 g/mol. The molecule has 0 aliphatic carbocycles. The smallest absolute Gasteiger partial charge is 0.175 e.